The molecule has 0 spiro atoms. The first-order chi connectivity index (χ1) is 10.9. The van der Waals surface area contributed by atoms with Gasteiger partial charge in [-0.3, -0.25) is 9.78 Å². The topological polar surface area (TPSA) is 83.5 Å². The van der Waals surface area contributed by atoms with Gasteiger partial charge in [-0.1, -0.05) is 0 Å². The lowest BCUT2D eigenvalue weighted by atomic mass is 10.0. The van der Waals surface area contributed by atoms with Crippen LogP contribution in [0.15, 0.2) is 18.5 Å². The Balaban J connectivity index is 1.99. The maximum atomic E-state index is 13.7. The number of aromatic nitrogens is 1. The smallest absolute Gasteiger partial charge is 0.255 e. The van der Waals surface area contributed by atoms with E-state index in [1.54, 1.807) is 12.3 Å². The molecule has 0 saturated carbocycles. The minimum atomic E-state index is -1.55. The SMILES string of the molecule is CC(C)(O)C(F)CNC(=O)c1cnccc1NC1CCOCC1. The summed E-state index contributed by atoms with van der Waals surface area (Å²) >= 11 is 0. The zero-order valence-corrected chi connectivity index (χ0v) is 13.5. The number of halogens is 1. The van der Waals surface area contributed by atoms with Crippen molar-refractivity contribution in [1.82, 2.24) is 10.3 Å². The number of rotatable bonds is 6. The third-order valence-electron chi connectivity index (χ3n) is 3.86. The van der Waals surface area contributed by atoms with E-state index in [0.717, 1.165) is 12.8 Å². The van der Waals surface area contributed by atoms with E-state index in [1.807, 2.05) is 0 Å². The van der Waals surface area contributed by atoms with Crippen LogP contribution < -0.4 is 10.6 Å². The molecule has 2 heterocycles. The molecule has 0 aromatic carbocycles. The number of aliphatic hydroxyl groups is 1. The summed E-state index contributed by atoms with van der Waals surface area (Å²) in [5, 5.41) is 15.4. The van der Waals surface area contributed by atoms with E-state index in [0.29, 0.717) is 24.5 Å². The number of carbonyl (C=O) groups excluding carboxylic acids is 1. The van der Waals surface area contributed by atoms with E-state index in [2.05, 4.69) is 15.6 Å². The molecule has 1 saturated heterocycles. The summed E-state index contributed by atoms with van der Waals surface area (Å²) < 4.78 is 19.1. The maximum absolute atomic E-state index is 13.7. The molecular weight excluding hydrogens is 301 g/mol. The molecule has 0 aliphatic carbocycles. The molecule has 128 valence electrons. The molecule has 1 unspecified atom stereocenters. The van der Waals surface area contributed by atoms with E-state index >= 15 is 0 Å². The van der Waals surface area contributed by atoms with Crippen LogP contribution in [-0.4, -0.2) is 53.6 Å². The highest BCUT2D eigenvalue weighted by Crippen LogP contribution is 2.19. The zero-order valence-electron chi connectivity index (χ0n) is 13.5. The van der Waals surface area contributed by atoms with Crippen LogP contribution in [0.1, 0.15) is 37.0 Å². The van der Waals surface area contributed by atoms with Crippen LogP contribution in [0, 0.1) is 0 Å². The van der Waals surface area contributed by atoms with Gasteiger partial charge in [-0.2, -0.15) is 0 Å². The first kappa shape index (κ1) is 17.6. The van der Waals surface area contributed by atoms with Crippen LogP contribution in [0.5, 0.6) is 0 Å². The molecular formula is C16H24FN3O3. The minimum absolute atomic E-state index is 0.239. The summed E-state index contributed by atoms with van der Waals surface area (Å²) in [5.41, 5.74) is -0.462. The number of anilines is 1. The van der Waals surface area contributed by atoms with Crippen molar-refractivity contribution in [2.75, 3.05) is 25.1 Å². The van der Waals surface area contributed by atoms with Crippen molar-refractivity contribution in [1.29, 1.82) is 0 Å². The predicted molar refractivity (Wildman–Crippen MR) is 85.2 cm³/mol. The number of hydrogen-bond acceptors (Lipinski definition) is 5. The molecule has 1 aromatic rings. The molecule has 3 N–H and O–H groups in total. The first-order valence-electron chi connectivity index (χ1n) is 7.81. The summed E-state index contributed by atoms with van der Waals surface area (Å²) in [6.07, 6.45) is 3.25. The summed E-state index contributed by atoms with van der Waals surface area (Å²) in [4.78, 5) is 16.2. The standard InChI is InChI=1S/C16H24FN3O3/c1-16(2,22)14(17)10-19-15(21)12-9-18-6-3-13(12)20-11-4-7-23-8-5-11/h3,6,9,11,14,22H,4-5,7-8,10H2,1-2H3,(H,18,20)(H,19,21). The Morgan fingerprint density at radius 3 is 2.87 bits per heavy atom. The minimum Gasteiger partial charge on any atom is -0.387 e. The molecule has 1 aromatic heterocycles. The van der Waals surface area contributed by atoms with Crippen molar-refractivity contribution in [2.45, 2.75) is 44.5 Å². The van der Waals surface area contributed by atoms with Gasteiger partial charge in [0.15, 0.2) is 0 Å². The molecule has 1 fully saturated rings. The second kappa shape index (κ2) is 7.70. The fourth-order valence-corrected chi connectivity index (χ4v) is 2.29. The van der Waals surface area contributed by atoms with E-state index in [4.69, 9.17) is 4.74 Å². The second-order valence-corrected chi connectivity index (χ2v) is 6.28. The average Bonchev–Trinajstić information content (AvgIpc) is 2.53. The highest BCUT2D eigenvalue weighted by atomic mass is 19.1. The fourth-order valence-electron chi connectivity index (χ4n) is 2.29. The molecule has 6 nitrogen and oxygen atoms in total. The van der Waals surface area contributed by atoms with Crippen LogP contribution in [0.25, 0.3) is 0 Å². The van der Waals surface area contributed by atoms with Crippen LogP contribution >= 0.6 is 0 Å². The zero-order chi connectivity index (χ0) is 16.9. The summed E-state index contributed by atoms with van der Waals surface area (Å²) in [5.74, 6) is -0.417. The van der Waals surface area contributed by atoms with Gasteiger partial charge in [-0.15, -0.1) is 0 Å². The fraction of sp³-hybridized carbons (Fsp3) is 0.625. The highest BCUT2D eigenvalue weighted by molar-refractivity contribution is 5.99. The number of pyridine rings is 1. The van der Waals surface area contributed by atoms with Gasteiger partial charge < -0.3 is 20.5 Å². The number of ether oxygens (including phenoxy) is 1. The van der Waals surface area contributed by atoms with Gasteiger partial charge in [0.2, 0.25) is 0 Å². The van der Waals surface area contributed by atoms with Crippen molar-refractivity contribution in [2.24, 2.45) is 0 Å². The van der Waals surface area contributed by atoms with Crippen molar-refractivity contribution in [3.05, 3.63) is 24.0 Å². The maximum Gasteiger partial charge on any atom is 0.255 e. The molecule has 1 amide bonds. The number of amides is 1. The number of carbonyl (C=O) groups is 1. The van der Waals surface area contributed by atoms with Crippen LogP contribution in [-0.2, 0) is 4.74 Å². The van der Waals surface area contributed by atoms with Crippen molar-refractivity contribution < 1.29 is 19.0 Å². The second-order valence-electron chi connectivity index (χ2n) is 6.28. The number of nitrogens with zero attached hydrogens (tertiary/aromatic N) is 1. The van der Waals surface area contributed by atoms with Crippen molar-refractivity contribution in [3.63, 3.8) is 0 Å². The number of hydrogen-bond donors (Lipinski definition) is 3. The quantitative estimate of drug-likeness (QED) is 0.738. The molecule has 2 rings (SSSR count). The van der Waals surface area contributed by atoms with Crippen molar-refractivity contribution >= 4 is 11.6 Å². The Hall–Kier alpha value is -1.73. The van der Waals surface area contributed by atoms with Gasteiger partial charge in [0.25, 0.3) is 5.91 Å². The van der Waals surface area contributed by atoms with Crippen molar-refractivity contribution in [3.8, 4) is 0 Å². The Kier molecular flexibility index (Phi) is 5.90. The third kappa shape index (κ3) is 5.14. The lowest BCUT2D eigenvalue weighted by Crippen LogP contribution is -2.42. The lowest BCUT2D eigenvalue weighted by Gasteiger charge is -2.25. The lowest BCUT2D eigenvalue weighted by molar-refractivity contribution is -0.00177. The van der Waals surface area contributed by atoms with Crippen LogP contribution in [0.4, 0.5) is 10.1 Å². The predicted octanol–water partition coefficient (Wildman–Crippen LogP) is 1.51. The molecule has 0 bridgehead atoms. The largest absolute Gasteiger partial charge is 0.387 e. The molecule has 7 heteroatoms. The van der Waals surface area contributed by atoms with Gasteiger partial charge in [-0.25, -0.2) is 4.39 Å². The average molecular weight is 325 g/mol. The summed E-state index contributed by atoms with van der Waals surface area (Å²) in [6.45, 7) is 3.87. The number of alkyl halides is 1. The van der Waals surface area contributed by atoms with Gasteiger partial charge >= 0.3 is 0 Å². The van der Waals surface area contributed by atoms with E-state index < -0.39 is 17.7 Å². The summed E-state index contributed by atoms with van der Waals surface area (Å²) in [7, 11) is 0. The monoisotopic (exact) mass is 325 g/mol. The molecule has 0 radical (unpaired) electrons. The number of nitrogens with one attached hydrogen (secondary N) is 2. The van der Waals surface area contributed by atoms with Crippen LogP contribution in [0.2, 0.25) is 0 Å². The third-order valence-corrected chi connectivity index (χ3v) is 3.86. The van der Waals surface area contributed by atoms with Gasteiger partial charge in [0, 0.05) is 31.6 Å². The Bertz CT molecular complexity index is 528. The molecule has 23 heavy (non-hydrogen) atoms. The van der Waals surface area contributed by atoms with E-state index in [9.17, 15) is 14.3 Å². The van der Waals surface area contributed by atoms with Crippen LogP contribution in [0.3, 0.4) is 0 Å². The van der Waals surface area contributed by atoms with E-state index in [-0.39, 0.29) is 12.6 Å². The highest BCUT2D eigenvalue weighted by Gasteiger charge is 2.27. The first-order valence-corrected chi connectivity index (χ1v) is 7.81. The molecule has 1 atom stereocenters. The normalized spacial score (nSPS) is 17.6. The van der Waals surface area contributed by atoms with Gasteiger partial charge in [0.1, 0.15) is 6.17 Å². The van der Waals surface area contributed by atoms with Gasteiger partial charge in [0.05, 0.1) is 23.4 Å². The van der Waals surface area contributed by atoms with Gasteiger partial charge in [-0.05, 0) is 32.8 Å². The Labute approximate surface area is 135 Å². The summed E-state index contributed by atoms with van der Waals surface area (Å²) in [6, 6.07) is 1.97. The molecule has 1 aliphatic rings. The Morgan fingerprint density at radius 1 is 1.52 bits per heavy atom. The Morgan fingerprint density at radius 2 is 2.22 bits per heavy atom. The molecule has 1 aliphatic heterocycles. The van der Waals surface area contributed by atoms with E-state index in [1.165, 1.54) is 20.0 Å².